The Morgan fingerprint density at radius 2 is 1.61 bits per heavy atom. The minimum absolute atomic E-state index is 0.677. The second-order valence-electron chi connectivity index (χ2n) is 8.02. The molecule has 6 atom stereocenters. The molecule has 0 spiro atoms. The van der Waals surface area contributed by atoms with E-state index in [1.165, 1.54) is 19.3 Å². The van der Waals surface area contributed by atoms with Crippen LogP contribution in [-0.4, -0.2) is 0 Å². The lowest BCUT2D eigenvalue weighted by Crippen LogP contribution is -2.30. The summed E-state index contributed by atoms with van der Waals surface area (Å²) in [7, 11) is 0. The van der Waals surface area contributed by atoms with E-state index in [0.29, 0.717) is 5.41 Å². The Labute approximate surface area is 115 Å². The summed E-state index contributed by atoms with van der Waals surface area (Å²) in [5, 5.41) is 0. The van der Waals surface area contributed by atoms with Crippen molar-refractivity contribution in [1.29, 1.82) is 0 Å². The lowest BCUT2D eigenvalue weighted by Gasteiger charge is -2.37. The van der Waals surface area contributed by atoms with Crippen molar-refractivity contribution < 1.29 is 0 Å². The van der Waals surface area contributed by atoms with Crippen molar-refractivity contribution in [2.24, 2.45) is 40.4 Å². The maximum Gasteiger partial charge on any atom is -0.0176 e. The molecule has 6 unspecified atom stereocenters. The van der Waals surface area contributed by atoms with Crippen LogP contribution in [0, 0.1) is 40.4 Å². The van der Waals surface area contributed by atoms with E-state index >= 15 is 0 Å². The molecule has 2 aliphatic carbocycles. The maximum atomic E-state index is 2.55. The molecule has 0 saturated heterocycles. The van der Waals surface area contributed by atoms with Crippen molar-refractivity contribution in [2.45, 2.75) is 74.1 Å². The first-order valence-electron chi connectivity index (χ1n) is 8.34. The molecule has 2 fully saturated rings. The standard InChI is InChI=1S/C18H34/c1-8-10-15(14(5)13(4)12(3)9-2)18-11-16(18)17(18,6)7/h12-16H,8-11H2,1-7H3. The van der Waals surface area contributed by atoms with Gasteiger partial charge in [-0.25, -0.2) is 0 Å². The highest BCUT2D eigenvalue weighted by Gasteiger charge is 2.85. The molecule has 106 valence electrons. The van der Waals surface area contributed by atoms with Gasteiger partial charge in [-0.3, -0.25) is 0 Å². The molecular weight excluding hydrogens is 216 g/mol. The van der Waals surface area contributed by atoms with Crippen LogP contribution in [0.15, 0.2) is 0 Å². The van der Waals surface area contributed by atoms with Crippen molar-refractivity contribution in [3.05, 3.63) is 0 Å². The molecule has 2 rings (SSSR count). The number of hydrogen-bond acceptors (Lipinski definition) is 0. The Kier molecular flexibility index (Phi) is 3.63. The summed E-state index contributed by atoms with van der Waals surface area (Å²) in [6.07, 6.45) is 5.71. The normalized spacial score (nSPS) is 38.5. The topological polar surface area (TPSA) is 0 Å². The van der Waals surface area contributed by atoms with E-state index in [2.05, 4.69) is 48.5 Å². The zero-order valence-electron chi connectivity index (χ0n) is 13.7. The van der Waals surface area contributed by atoms with E-state index in [4.69, 9.17) is 0 Å². The first-order chi connectivity index (χ1) is 8.34. The Morgan fingerprint density at radius 3 is 1.94 bits per heavy atom. The molecule has 0 heteroatoms. The third kappa shape index (κ3) is 1.78. The summed E-state index contributed by atoms with van der Waals surface area (Å²) >= 11 is 0. The fraction of sp³-hybridized carbons (Fsp3) is 1.00. The van der Waals surface area contributed by atoms with E-state index in [1.54, 1.807) is 6.42 Å². The first kappa shape index (κ1) is 14.4. The fourth-order valence-electron chi connectivity index (χ4n) is 5.11. The molecule has 2 saturated carbocycles. The van der Waals surface area contributed by atoms with E-state index in [1.807, 2.05) is 0 Å². The van der Waals surface area contributed by atoms with Gasteiger partial charge in [0.15, 0.2) is 0 Å². The molecule has 0 aromatic heterocycles. The fourth-order valence-corrected chi connectivity index (χ4v) is 5.11. The van der Waals surface area contributed by atoms with Gasteiger partial charge in [0, 0.05) is 0 Å². The van der Waals surface area contributed by atoms with Crippen LogP contribution in [0.3, 0.4) is 0 Å². The van der Waals surface area contributed by atoms with Gasteiger partial charge in [0.25, 0.3) is 0 Å². The molecule has 0 aliphatic heterocycles. The van der Waals surface area contributed by atoms with Crippen LogP contribution in [-0.2, 0) is 0 Å². The zero-order chi connectivity index (χ0) is 13.7. The van der Waals surface area contributed by atoms with Crippen LogP contribution < -0.4 is 0 Å². The monoisotopic (exact) mass is 250 g/mol. The van der Waals surface area contributed by atoms with Crippen molar-refractivity contribution in [2.75, 3.05) is 0 Å². The third-order valence-electron chi connectivity index (χ3n) is 7.26. The van der Waals surface area contributed by atoms with Crippen LogP contribution in [0.1, 0.15) is 74.1 Å². The van der Waals surface area contributed by atoms with Crippen molar-refractivity contribution in [3.8, 4) is 0 Å². The van der Waals surface area contributed by atoms with E-state index in [-0.39, 0.29) is 0 Å². The average molecular weight is 250 g/mol. The summed E-state index contributed by atoms with van der Waals surface area (Å²) in [4.78, 5) is 0. The highest BCUT2D eigenvalue weighted by atomic mass is 14.9. The molecule has 18 heavy (non-hydrogen) atoms. The Morgan fingerprint density at radius 1 is 1.06 bits per heavy atom. The van der Waals surface area contributed by atoms with Crippen molar-refractivity contribution >= 4 is 0 Å². The van der Waals surface area contributed by atoms with Crippen LogP contribution in [0.5, 0.6) is 0 Å². The Balaban J connectivity index is 2.07. The molecule has 0 radical (unpaired) electrons. The molecule has 0 N–H and O–H groups in total. The van der Waals surface area contributed by atoms with Crippen LogP contribution in [0.4, 0.5) is 0 Å². The summed E-state index contributed by atoms with van der Waals surface area (Å²) < 4.78 is 0. The zero-order valence-corrected chi connectivity index (χ0v) is 13.7. The van der Waals surface area contributed by atoms with E-state index in [9.17, 15) is 0 Å². The summed E-state index contributed by atoms with van der Waals surface area (Å²) in [5.74, 6) is 4.75. The molecule has 0 nitrogen and oxygen atoms in total. The number of rotatable bonds is 7. The van der Waals surface area contributed by atoms with Gasteiger partial charge in [0.05, 0.1) is 0 Å². The maximum absolute atomic E-state index is 2.55. The highest BCUT2D eigenvalue weighted by molar-refractivity contribution is 5.33. The quantitative estimate of drug-likeness (QED) is 0.538. The minimum Gasteiger partial charge on any atom is -0.0654 e. The smallest absolute Gasteiger partial charge is 0.0176 e. The SMILES string of the molecule is CCCC(C(C)C(C)C(C)CC)C12CC1C2(C)C. The largest absolute Gasteiger partial charge is 0.0654 e. The van der Waals surface area contributed by atoms with Gasteiger partial charge in [0.2, 0.25) is 0 Å². The lowest BCUT2D eigenvalue weighted by molar-refractivity contribution is 0.119. The lowest BCUT2D eigenvalue weighted by atomic mass is 9.68. The second-order valence-corrected chi connectivity index (χ2v) is 8.02. The minimum atomic E-state index is 0.677. The van der Waals surface area contributed by atoms with Gasteiger partial charge in [-0.2, -0.15) is 0 Å². The van der Waals surface area contributed by atoms with Crippen LogP contribution in [0.25, 0.3) is 0 Å². The Bertz CT molecular complexity index is 303. The van der Waals surface area contributed by atoms with E-state index in [0.717, 1.165) is 35.0 Å². The molecule has 0 bridgehead atoms. The van der Waals surface area contributed by atoms with Gasteiger partial charge in [-0.15, -0.1) is 0 Å². The predicted octanol–water partition coefficient (Wildman–Crippen LogP) is 5.77. The van der Waals surface area contributed by atoms with Gasteiger partial charge in [-0.1, -0.05) is 61.3 Å². The van der Waals surface area contributed by atoms with E-state index < -0.39 is 0 Å². The van der Waals surface area contributed by atoms with Gasteiger partial charge in [-0.05, 0) is 53.3 Å². The second kappa shape index (κ2) is 4.53. The summed E-state index contributed by atoms with van der Waals surface area (Å²) in [5.41, 5.74) is 1.44. The summed E-state index contributed by atoms with van der Waals surface area (Å²) in [6.45, 7) is 17.3. The molecule has 0 amide bonds. The number of fused-ring (bicyclic) bond motifs is 1. The predicted molar refractivity (Wildman–Crippen MR) is 80.5 cm³/mol. The summed E-state index contributed by atoms with van der Waals surface area (Å²) in [6, 6.07) is 0. The van der Waals surface area contributed by atoms with Gasteiger partial charge < -0.3 is 0 Å². The first-order valence-corrected chi connectivity index (χ1v) is 8.34. The van der Waals surface area contributed by atoms with Gasteiger partial charge in [0.1, 0.15) is 0 Å². The average Bonchev–Trinajstić information content (AvgIpc) is 3.20. The van der Waals surface area contributed by atoms with Crippen LogP contribution >= 0.6 is 0 Å². The molecular formula is C18H34. The Hall–Kier alpha value is 0. The van der Waals surface area contributed by atoms with Crippen LogP contribution in [0.2, 0.25) is 0 Å². The third-order valence-corrected chi connectivity index (χ3v) is 7.26. The van der Waals surface area contributed by atoms with Crippen molar-refractivity contribution in [1.82, 2.24) is 0 Å². The van der Waals surface area contributed by atoms with Gasteiger partial charge >= 0.3 is 0 Å². The molecule has 2 aliphatic rings. The highest BCUT2D eigenvalue weighted by Crippen LogP contribution is 2.91. The molecule has 0 heterocycles. The molecule has 0 aromatic carbocycles. The number of hydrogen-bond donors (Lipinski definition) is 0. The molecule has 0 aromatic rings. The van der Waals surface area contributed by atoms with Crippen molar-refractivity contribution in [3.63, 3.8) is 0 Å².